The van der Waals surface area contributed by atoms with Gasteiger partial charge in [-0.25, -0.2) is 9.18 Å². The van der Waals surface area contributed by atoms with Crippen LogP contribution in [0.25, 0.3) is 0 Å². The number of hydrogen-bond acceptors (Lipinski definition) is 4. The Morgan fingerprint density at radius 3 is 2.52 bits per heavy atom. The van der Waals surface area contributed by atoms with Crippen molar-refractivity contribution in [2.75, 3.05) is 33.8 Å². The first-order valence-electron chi connectivity index (χ1n) is 11.8. The first-order chi connectivity index (χ1) is 15.7. The molecule has 1 aromatic carbocycles. The second-order valence-electron chi connectivity index (χ2n) is 9.08. The van der Waals surface area contributed by atoms with Gasteiger partial charge in [-0.2, -0.15) is 17.4 Å². The van der Waals surface area contributed by atoms with Crippen LogP contribution in [0.15, 0.2) is 24.3 Å². The SMILES string of the molecule is CCNC(=O)N1CCC[C@@H](NS(=O)(=O)N(C)C)[C@@H]1COC1CCC(c2ccccc2F)CC1. The molecule has 33 heavy (non-hydrogen) atoms. The Bertz CT molecular complexity index is 890. The summed E-state index contributed by atoms with van der Waals surface area (Å²) in [6, 6.07) is 5.91. The van der Waals surface area contributed by atoms with Gasteiger partial charge in [-0.3, -0.25) is 0 Å². The van der Waals surface area contributed by atoms with Crippen molar-refractivity contribution in [3.8, 4) is 0 Å². The van der Waals surface area contributed by atoms with Gasteiger partial charge in [-0.15, -0.1) is 0 Å². The number of carbonyl (C=O) groups is 1. The van der Waals surface area contributed by atoms with E-state index in [9.17, 15) is 17.6 Å². The quantitative estimate of drug-likeness (QED) is 0.594. The van der Waals surface area contributed by atoms with E-state index in [1.54, 1.807) is 11.0 Å². The fourth-order valence-corrected chi connectivity index (χ4v) is 5.65. The van der Waals surface area contributed by atoms with Crippen molar-refractivity contribution in [2.45, 2.75) is 69.6 Å². The molecule has 1 aliphatic carbocycles. The number of carbonyl (C=O) groups excluding carboxylic acids is 1. The molecule has 10 heteroatoms. The lowest BCUT2D eigenvalue weighted by atomic mass is 9.82. The van der Waals surface area contributed by atoms with Gasteiger partial charge in [-0.1, -0.05) is 18.2 Å². The molecule has 2 N–H and O–H groups in total. The van der Waals surface area contributed by atoms with Crippen molar-refractivity contribution in [1.82, 2.24) is 19.2 Å². The minimum atomic E-state index is -3.64. The van der Waals surface area contributed by atoms with Gasteiger partial charge >= 0.3 is 6.03 Å². The maximum absolute atomic E-state index is 14.1. The van der Waals surface area contributed by atoms with Gasteiger partial charge in [0.15, 0.2) is 0 Å². The van der Waals surface area contributed by atoms with Crippen LogP contribution in [0.4, 0.5) is 9.18 Å². The number of halogens is 1. The van der Waals surface area contributed by atoms with E-state index in [0.29, 0.717) is 25.9 Å². The molecule has 2 amide bonds. The van der Waals surface area contributed by atoms with Crippen LogP contribution in [0.1, 0.15) is 56.9 Å². The lowest BCUT2D eigenvalue weighted by Gasteiger charge is -2.42. The fourth-order valence-electron chi connectivity index (χ4n) is 4.78. The monoisotopic (exact) mass is 484 g/mol. The molecule has 1 saturated carbocycles. The molecule has 0 radical (unpaired) electrons. The molecule has 1 saturated heterocycles. The maximum atomic E-state index is 14.1. The van der Waals surface area contributed by atoms with Crippen LogP contribution < -0.4 is 10.0 Å². The van der Waals surface area contributed by atoms with Crippen LogP contribution in [-0.2, 0) is 14.9 Å². The Morgan fingerprint density at radius 1 is 1.18 bits per heavy atom. The average molecular weight is 485 g/mol. The van der Waals surface area contributed by atoms with Crippen LogP contribution >= 0.6 is 0 Å². The average Bonchev–Trinajstić information content (AvgIpc) is 2.78. The first-order valence-corrected chi connectivity index (χ1v) is 13.3. The van der Waals surface area contributed by atoms with Gasteiger partial charge in [-0.05, 0) is 63.0 Å². The largest absolute Gasteiger partial charge is 0.376 e. The molecule has 186 valence electrons. The summed E-state index contributed by atoms with van der Waals surface area (Å²) in [7, 11) is -0.687. The van der Waals surface area contributed by atoms with Crippen molar-refractivity contribution >= 4 is 16.2 Å². The Kier molecular flexibility index (Phi) is 9.09. The molecular weight excluding hydrogens is 447 g/mol. The number of nitrogens with zero attached hydrogens (tertiary/aromatic N) is 2. The number of ether oxygens (including phenoxy) is 1. The zero-order valence-electron chi connectivity index (χ0n) is 19.8. The normalized spacial score (nSPS) is 26.4. The van der Waals surface area contributed by atoms with Crippen LogP contribution in [0.2, 0.25) is 0 Å². The van der Waals surface area contributed by atoms with Gasteiger partial charge in [0.05, 0.1) is 18.8 Å². The van der Waals surface area contributed by atoms with E-state index in [0.717, 1.165) is 35.6 Å². The number of hydrogen-bond donors (Lipinski definition) is 2. The van der Waals surface area contributed by atoms with Gasteiger partial charge in [0.25, 0.3) is 10.2 Å². The summed E-state index contributed by atoms with van der Waals surface area (Å²) in [4.78, 5) is 14.4. The highest BCUT2D eigenvalue weighted by atomic mass is 32.2. The topological polar surface area (TPSA) is 91.0 Å². The number of nitrogens with one attached hydrogen (secondary N) is 2. The van der Waals surface area contributed by atoms with E-state index in [2.05, 4.69) is 10.0 Å². The fraction of sp³-hybridized carbons (Fsp3) is 0.696. The number of benzene rings is 1. The third kappa shape index (κ3) is 6.65. The Labute approximate surface area is 197 Å². The minimum absolute atomic E-state index is 0.0112. The molecule has 1 heterocycles. The molecule has 2 fully saturated rings. The van der Waals surface area contributed by atoms with Gasteiger partial charge in [0, 0.05) is 33.2 Å². The molecule has 0 aromatic heterocycles. The van der Waals surface area contributed by atoms with Crippen molar-refractivity contribution in [2.24, 2.45) is 0 Å². The number of rotatable bonds is 8. The van der Waals surface area contributed by atoms with Crippen molar-refractivity contribution in [3.05, 3.63) is 35.6 Å². The van der Waals surface area contributed by atoms with E-state index in [1.165, 1.54) is 20.2 Å². The van der Waals surface area contributed by atoms with Crippen LogP contribution in [0.3, 0.4) is 0 Å². The summed E-state index contributed by atoms with van der Waals surface area (Å²) < 4.78 is 49.2. The highest BCUT2D eigenvalue weighted by Gasteiger charge is 2.38. The zero-order valence-corrected chi connectivity index (χ0v) is 20.6. The molecule has 0 spiro atoms. The number of amides is 2. The van der Waals surface area contributed by atoms with Crippen molar-refractivity contribution < 1.29 is 22.3 Å². The number of piperidine rings is 1. The van der Waals surface area contributed by atoms with E-state index < -0.39 is 22.3 Å². The highest BCUT2D eigenvalue weighted by Crippen LogP contribution is 2.35. The first kappa shape index (κ1) is 25.9. The molecule has 2 atom stereocenters. The summed E-state index contributed by atoms with van der Waals surface area (Å²) in [5, 5.41) is 2.83. The summed E-state index contributed by atoms with van der Waals surface area (Å²) >= 11 is 0. The van der Waals surface area contributed by atoms with E-state index >= 15 is 0 Å². The minimum Gasteiger partial charge on any atom is -0.376 e. The second kappa shape index (κ2) is 11.6. The summed E-state index contributed by atoms with van der Waals surface area (Å²) in [6.07, 6.45) is 4.65. The third-order valence-corrected chi connectivity index (χ3v) is 8.23. The van der Waals surface area contributed by atoms with Crippen molar-refractivity contribution in [1.29, 1.82) is 0 Å². The molecule has 3 rings (SSSR count). The summed E-state index contributed by atoms with van der Waals surface area (Å²) in [6.45, 7) is 3.16. The van der Waals surface area contributed by atoms with Crippen molar-refractivity contribution in [3.63, 3.8) is 0 Å². The number of urea groups is 1. The highest BCUT2D eigenvalue weighted by molar-refractivity contribution is 7.87. The van der Waals surface area contributed by atoms with E-state index in [-0.39, 0.29) is 30.5 Å². The van der Waals surface area contributed by atoms with Gasteiger partial charge in [0.1, 0.15) is 5.82 Å². The smallest absolute Gasteiger partial charge is 0.317 e. The Morgan fingerprint density at radius 2 is 1.88 bits per heavy atom. The van der Waals surface area contributed by atoms with E-state index in [1.807, 2.05) is 19.1 Å². The molecule has 1 aromatic rings. The lowest BCUT2D eigenvalue weighted by Crippen LogP contribution is -2.61. The molecular formula is C23H37FN4O4S. The Balaban J connectivity index is 1.64. The summed E-state index contributed by atoms with van der Waals surface area (Å²) in [5.41, 5.74) is 0.767. The molecule has 1 aliphatic heterocycles. The number of likely N-dealkylation sites (tertiary alicyclic amines) is 1. The predicted molar refractivity (Wildman–Crippen MR) is 126 cm³/mol. The van der Waals surface area contributed by atoms with Gasteiger partial charge < -0.3 is 15.0 Å². The van der Waals surface area contributed by atoms with Crippen LogP contribution in [0, 0.1) is 5.82 Å². The van der Waals surface area contributed by atoms with Crippen LogP contribution in [-0.4, -0.2) is 75.6 Å². The third-order valence-electron chi connectivity index (χ3n) is 6.67. The lowest BCUT2D eigenvalue weighted by molar-refractivity contribution is -0.0176. The molecule has 2 aliphatic rings. The second-order valence-corrected chi connectivity index (χ2v) is 11.0. The molecule has 0 bridgehead atoms. The van der Waals surface area contributed by atoms with Crippen LogP contribution in [0.5, 0.6) is 0 Å². The van der Waals surface area contributed by atoms with E-state index in [4.69, 9.17) is 4.74 Å². The zero-order chi connectivity index (χ0) is 24.0. The standard InChI is InChI=1S/C23H37FN4O4S/c1-4-25-23(29)28-15-7-10-21(26-33(30,31)27(2)3)22(28)16-32-18-13-11-17(12-14-18)19-8-5-6-9-20(19)24/h5-6,8-9,17-18,21-22,26H,4,7,10-16H2,1-3H3,(H,25,29)/t17?,18?,21-,22+/m1/s1. The Hall–Kier alpha value is -1.75. The van der Waals surface area contributed by atoms with Gasteiger partial charge in [0.2, 0.25) is 0 Å². The summed E-state index contributed by atoms with van der Waals surface area (Å²) in [5.74, 6) is 0.0323. The molecule has 8 nitrogen and oxygen atoms in total. The maximum Gasteiger partial charge on any atom is 0.317 e. The predicted octanol–water partition coefficient (Wildman–Crippen LogP) is 2.83. The molecule has 0 unspecified atom stereocenters.